The van der Waals surface area contributed by atoms with E-state index in [1.54, 1.807) is 0 Å². The predicted molar refractivity (Wildman–Crippen MR) is 94.3 cm³/mol. The number of halogens is 1. The normalized spacial score (nSPS) is 22.2. The van der Waals surface area contributed by atoms with Gasteiger partial charge in [-0.05, 0) is 68.8 Å². The Morgan fingerprint density at radius 2 is 2.00 bits per heavy atom. The number of benzene rings is 1. The summed E-state index contributed by atoms with van der Waals surface area (Å²) in [7, 11) is 0. The van der Waals surface area contributed by atoms with Gasteiger partial charge in [0.05, 0.1) is 0 Å². The minimum atomic E-state index is 0.129. The average Bonchev–Trinajstić information content (AvgIpc) is 2.71. The summed E-state index contributed by atoms with van der Waals surface area (Å²) in [5.74, 6) is 1.74. The first kappa shape index (κ1) is 17.0. The highest BCUT2D eigenvalue weighted by atomic mass is 79.9. The molecule has 0 spiro atoms. The third-order valence-corrected chi connectivity index (χ3v) is 5.59. The van der Waals surface area contributed by atoms with Gasteiger partial charge in [0.15, 0.2) is 0 Å². The molecule has 1 aromatic carbocycles. The van der Waals surface area contributed by atoms with Gasteiger partial charge in [-0.2, -0.15) is 0 Å². The Kier molecular flexibility index (Phi) is 6.72. The van der Waals surface area contributed by atoms with Crippen molar-refractivity contribution in [3.05, 3.63) is 34.3 Å². The Balaban J connectivity index is 1.82. The monoisotopic (exact) mass is 352 g/mol. The average molecular weight is 353 g/mol. The van der Waals surface area contributed by atoms with E-state index in [0.29, 0.717) is 0 Å². The molecule has 1 aliphatic heterocycles. The van der Waals surface area contributed by atoms with E-state index < -0.39 is 0 Å². The summed E-state index contributed by atoms with van der Waals surface area (Å²) < 4.78 is 1.13. The molecule has 2 atom stereocenters. The lowest BCUT2D eigenvalue weighted by Gasteiger charge is -2.23. The molecule has 2 unspecified atom stereocenters. The SMILES string of the molecule is CC(C)C1CCCN(CCC(N)c2ccccc2Br)CC1. The molecule has 0 amide bonds. The van der Waals surface area contributed by atoms with Gasteiger partial charge >= 0.3 is 0 Å². The third-order valence-electron chi connectivity index (χ3n) is 4.87. The number of hydrogen-bond donors (Lipinski definition) is 1. The number of likely N-dealkylation sites (tertiary alicyclic amines) is 1. The van der Waals surface area contributed by atoms with E-state index in [1.807, 2.05) is 6.07 Å². The Bertz CT molecular complexity index is 433. The van der Waals surface area contributed by atoms with Crippen LogP contribution in [0.5, 0.6) is 0 Å². The lowest BCUT2D eigenvalue weighted by atomic mass is 9.89. The zero-order valence-corrected chi connectivity index (χ0v) is 15.0. The Morgan fingerprint density at radius 3 is 2.71 bits per heavy atom. The van der Waals surface area contributed by atoms with Crippen molar-refractivity contribution in [1.82, 2.24) is 4.90 Å². The molecule has 0 saturated carbocycles. The lowest BCUT2D eigenvalue weighted by Crippen LogP contribution is -2.28. The third kappa shape index (κ3) is 5.08. The van der Waals surface area contributed by atoms with Gasteiger partial charge < -0.3 is 10.6 Å². The van der Waals surface area contributed by atoms with Crippen LogP contribution in [0, 0.1) is 11.8 Å². The molecule has 3 heteroatoms. The molecule has 2 nitrogen and oxygen atoms in total. The van der Waals surface area contributed by atoms with Crippen LogP contribution in [0.15, 0.2) is 28.7 Å². The maximum absolute atomic E-state index is 6.37. The summed E-state index contributed by atoms with van der Waals surface area (Å²) in [6, 6.07) is 8.45. The van der Waals surface area contributed by atoms with Crippen molar-refractivity contribution in [3.63, 3.8) is 0 Å². The van der Waals surface area contributed by atoms with Gasteiger partial charge in [0.1, 0.15) is 0 Å². The molecule has 0 radical (unpaired) electrons. The van der Waals surface area contributed by atoms with Gasteiger partial charge in [-0.1, -0.05) is 48.0 Å². The molecule has 0 aliphatic carbocycles. The second-order valence-corrected chi connectivity index (χ2v) is 7.55. The minimum Gasteiger partial charge on any atom is -0.324 e. The van der Waals surface area contributed by atoms with Crippen molar-refractivity contribution in [3.8, 4) is 0 Å². The smallest absolute Gasteiger partial charge is 0.0318 e. The molecule has 21 heavy (non-hydrogen) atoms. The maximum Gasteiger partial charge on any atom is 0.0318 e. The highest BCUT2D eigenvalue weighted by molar-refractivity contribution is 9.10. The van der Waals surface area contributed by atoms with Crippen molar-refractivity contribution in [2.24, 2.45) is 17.6 Å². The van der Waals surface area contributed by atoms with E-state index >= 15 is 0 Å². The topological polar surface area (TPSA) is 29.3 Å². The molecule has 118 valence electrons. The van der Waals surface area contributed by atoms with Crippen molar-refractivity contribution >= 4 is 15.9 Å². The maximum atomic E-state index is 6.37. The van der Waals surface area contributed by atoms with Gasteiger partial charge in [-0.3, -0.25) is 0 Å². The van der Waals surface area contributed by atoms with Crippen LogP contribution in [-0.2, 0) is 0 Å². The molecule has 1 saturated heterocycles. The van der Waals surface area contributed by atoms with E-state index in [-0.39, 0.29) is 6.04 Å². The zero-order chi connectivity index (χ0) is 15.2. The molecular formula is C18H29BrN2. The fourth-order valence-corrected chi connectivity index (χ4v) is 3.90. The van der Waals surface area contributed by atoms with E-state index in [4.69, 9.17) is 5.73 Å². The molecule has 1 aromatic rings. The fraction of sp³-hybridized carbons (Fsp3) is 0.667. The van der Waals surface area contributed by atoms with Crippen molar-refractivity contribution in [1.29, 1.82) is 0 Å². The molecule has 1 fully saturated rings. The molecule has 1 heterocycles. The highest BCUT2D eigenvalue weighted by Gasteiger charge is 2.20. The summed E-state index contributed by atoms with van der Waals surface area (Å²) in [6.45, 7) is 8.33. The van der Waals surface area contributed by atoms with Gasteiger partial charge in [-0.15, -0.1) is 0 Å². The minimum absolute atomic E-state index is 0.129. The van der Waals surface area contributed by atoms with E-state index in [2.05, 4.69) is 52.9 Å². The Morgan fingerprint density at radius 1 is 1.24 bits per heavy atom. The van der Waals surface area contributed by atoms with Crippen molar-refractivity contribution in [2.75, 3.05) is 19.6 Å². The predicted octanol–water partition coefficient (Wildman–Crippen LogP) is 4.60. The van der Waals surface area contributed by atoms with Crippen LogP contribution < -0.4 is 5.73 Å². The van der Waals surface area contributed by atoms with E-state index in [9.17, 15) is 0 Å². The first-order valence-electron chi connectivity index (χ1n) is 8.30. The molecule has 0 bridgehead atoms. The standard InChI is InChI=1S/C18H29BrN2/c1-14(2)15-6-5-11-21(12-9-15)13-10-18(20)16-7-3-4-8-17(16)19/h3-4,7-8,14-15,18H,5-6,9-13,20H2,1-2H3. The molecule has 1 aliphatic rings. The van der Waals surface area contributed by atoms with E-state index in [1.165, 1.54) is 37.9 Å². The van der Waals surface area contributed by atoms with Crippen molar-refractivity contribution < 1.29 is 0 Å². The second-order valence-electron chi connectivity index (χ2n) is 6.69. The van der Waals surface area contributed by atoms with Gasteiger partial charge in [0, 0.05) is 10.5 Å². The van der Waals surface area contributed by atoms with E-state index in [0.717, 1.165) is 29.3 Å². The summed E-state index contributed by atoms with van der Waals surface area (Å²) in [6.07, 6.45) is 5.12. The molecular weight excluding hydrogens is 324 g/mol. The Hall–Kier alpha value is -0.380. The van der Waals surface area contributed by atoms with Crippen molar-refractivity contribution in [2.45, 2.75) is 45.6 Å². The van der Waals surface area contributed by atoms with Gasteiger partial charge in [0.2, 0.25) is 0 Å². The van der Waals surface area contributed by atoms with Crippen LogP contribution in [0.4, 0.5) is 0 Å². The van der Waals surface area contributed by atoms with Crippen LogP contribution >= 0.6 is 15.9 Å². The first-order chi connectivity index (χ1) is 10.1. The van der Waals surface area contributed by atoms with Crippen LogP contribution in [0.2, 0.25) is 0 Å². The quantitative estimate of drug-likeness (QED) is 0.838. The number of hydrogen-bond acceptors (Lipinski definition) is 2. The summed E-state index contributed by atoms with van der Waals surface area (Å²) >= 11 is 3.61. The largest absolute Gasteiger partial charge is 0.324 e. The van der Waals surface area contributed by atoms with Crippen LogP contribution in [0.1, 0.15) is 51.1 Å². The lowest BCUT2D eigenvalue weighted by molar-refractivity contribution is 0.262. The van der Waals surface area contributed by atoms with Gasteiger partial charge in [-0.25, -0.2) is 0 Å². The highest BCUT2D eigenvalue weighted by Crippen LogP contribution is 2.26. The van der Waals surface area contributed by atoms with Crippen LogP contribution in [0.3, 0.4) is 0 Å². The van der Waals surface area contributed by atoms with Crippen LogP contribution in [0.25, 0.3) is 0 Å². The first-order valence-corrected chi connectivity index (χ1v) is 9.09. The molecule has 0 aromatic heterocycles. The number of nitrogens with two attached hydrogens (primary N) is 1. The van der Waals surface area contributed by atoms with Crippen LogP contribution in [-0.4, -0.2) is 24.5 Å². The molecule has 2 rings (SSSR count). The molecule has 2 N–H and O–H groups in total. The summed E-state index contributed by atoms with van der Waals surface area (Å²) in [4.78, 5) is 2.61. The Labute approximate surface area is 138 Å². The number of nitrogens with zero attached hydrogens (tertiary/aromatic N) is 1. The second kappa shape index (κ2) is 8.30. The van der Waals surface area contributed by atoms with Gasteiger partial charge in [0.25, 0.3) is 0 Å². The summed E-state index contributed by atoms with van der Waals surface area (Å²) in [5, 5.41) is 0. The zero-order valence-electron chi connectivity index (χ0n) is 13.4. The summed E-state index contributed by atoms with van der Waals surface area (Å²) in [5.41, 5.74) is 7.60. The fourth-order valence-electron chi connectivity index (χ4n) is 3.32. The number of rotatable bonds is 5.